The summed E-state index contributed by atoms with van der Waals surface area (Å²) >= 11 is 0. The summed E-state index contributed by atoms with van der Waals surface area (Å²) in [6.07, 6.45) is -1.69. The SMILES string of the molecule is COCCNC(=O)OCC(O)COCC(CN)OC. The van der Waals surface area contributed by atoms with Gasteiger partial charge in [-0.05, 0) is 0 Å². The molecule has 0 aliphatic rings. The first-order valence-electron chi connectivity index (χ1n) is 6.02. The molecule has 0 aromatic carbocycles. The monoisotopic (exact) mass is 280 g/mol. The predicted molar refractivity (Wildman–Crippen MR) is 67.9 cm³/mol. The molecule has 0 aliphatic heterocycles. The van der Waals surface area contributed by atoms with Gasteiger partial charge in [-0.3, -0.25) is 0 Å². The van der Waals surface area contributed by atoms with Crippen molar-refractivity contribution in [3.63, 3.8) is 0 Å². The number of nitrogens with two attached hydrogens (primary N) is 1. The summed E-state index contributed by atoms with van der Waals surface area (Å²) < 4.78 is 19.7. The molecule has 0 radical (unpaired) electrons. The maximum absolute atomic E-state index is 11.1. The van der Waals surface area contributed by atoms with Gasteiger partial charge in [-0.1, -0.05) is 0 Å². The summed E-state index contributed by atoms with van der Waals surface area (Å²) in [5.74, 6) is 0. The molecule has 0 heterocycles. The second-order valence-electron chi connectivity index (χ2n) is 3.80. The number of amides is 1. The van der Waals surface area contributed by atoms with E-state index in [-0.39, 0.29) is 25.9 Å². The highest BCUT2D eigenvalue weighted by Gasteiger charge is 2.10. The lowest BCUT2D eigenvalue weighted by Crippen LogP contribution is -2.33. The van der Waals surface area contributed by atoms with Crippen molar-refractivity contribution in [2.45, 2.75) is 12.2 Å². The number of carbonyl (C=O) groups is 1. The van der Waals surface area contributed by atoms with Crippen molar-refractivity contribution in [3.8, 4) is 0 Å². The smallest absolute Gasteiger partial charge is 0.407 e. The number of aliphatic hydroxyl groups excluding tert-OH is 1. The van der Waals surface area contributed by atoms with E-state index < -0.39 is 12.2 Å². The number of hydrogen-bond acceptors (Lipinski definition) is 7. The maximum atomic E-state index is 11.1. The van der Waals surface area contributed by atoms with Crippen molar-refractivity contribution in [1.82, 2.24) is 5.32 Å². The summed E-state index contributed by atoms with van der Waals surface area (Å²) in [6.45, 7) is 1.28. The predicted octanol–water partition coefficient (Wildman–Crippen LogP) is -1.29. The van der Waals surface area contributed by atoms with E-state index in [1.807, 2.05) is 0 Å². The number of carbonyl (C=O) groups excluding carboxylic acids is 1. The van der Waals surface area contributed by atoms with Gasteiger partial charge in [-0.2, -0.15) is 0 Å². The second kappa shape index (κ2) is 12.1. The van der Waals surface area contributed by atoms with Gasteiger partial charge >= 0.3 is 6.09 Å². The quantitative estimate of drug-likeness (QED) is 0.404. The van der Waals surface area contributed by atoms with Gasteiger partial charge in [0.15, 0.2) is 0 Å². The Bertz CT molecular complexity index is 225. The molecular formula is C11H24N2O6. The minimum absolute atomic E-state index is 0.0468. The highest BCUT2D eigenvalue weighted by atomic mass is 16.6. The Kier molecular flexibility index (Phi) is 11.5. The van der Waals surface area contributed by atoms with E-state index in [1.165, 1.54) is 14.2 Å². The topological polar surface area (TPSA) is 112 Å². The first kappa shape index (κ1) is 18.1. The highest BCUT2D eigenvalue weighted by molar-refractivity contribution is 5.67. The highest BCUT2D eigenvalue weighted by Crippen LogP contribution is 1.93. The molecule has 2 unspecified atom stereocenters. The minimum Gasteiger partial charge on any atom is -0.447 e. The molecule has 0 aliphatic carbocycles. The van der Waals surface area contributed by atoms with Crippen LogP contribution in [0.2, 0.25) is 0 Å². The third kappa shape index (κ3) is 10.7. The second-order valence-corrected chi connectivity index (χ2v) is 3.80. The Labute approximate surface area is 113 Å². The molecule has 2 atom stereocenters. The molecule has 0 rings (SSSR count). The fraction of sp³-hybridized carbons (Fsp3) is 0.909. The third-order valence-electron chi connectivity index (χ3n) is 2.19. The standard InChI is InChI=1S/C11H24N2O6/c1-16-4-3-13-11(15)19-7-9(14)6-18-8-10(5-12)17-2/h9-10,14H,3-8,12H2,1-2H3,(H,13,15). The van der Waals surface area contributed by atoms with Crippen LogP contribution in [-0.4, -0.2) is 77.1 Å². The van der Waals surface area contributed by atoms with Crippen LogP contribution in [0, 0.1) is 0 Å². The van der Waals surface area contributed by atoms with Crippen LogP contribution < -0.4 is 11.1 Å². The van der Waals surface area contributed by atoms with E-state index in [0.29, 0.717) is 19.7 Å². The molecular weight excluding hydrogens is 256 g/mol. The van der Waals surface area contributed by atoms with Crippen molar-refractivity contribution < 1.29 is 28.8 Å². The van der Waals surface area contributed by atoms with Crippen molar-refractivity contribution in [3.05, 3.63) is 0 Å². The van der Waals surface area contributed by atoms with Crippen molar-refractivity contribution >= 4 is 6.09 Å². The van der Waals surface area contributed by atoms with Crippen LogP contribution in [0.1, 0.15) is 0 Å². The molecule has 0 bridgehead atoms. The molecule has 0 aromatic rings. The van der Waals surface area contributed by atoms with E-state index in [1.54, 1.807) is 0 Å². The lowest BCUT2D eigenvalue weighted by molar-refractivity contribution is -0.0351. The van der Waals surface area contributed by atoms with Gasteiger partial charge in [0, 0.05) is 27.3 Å². The van der Waals surface area contributed by atoms with Crippen LogP contribution in [0.15, 0.2) is 0 Å². The molecule has 0 saturated heterocycles. The van der Waals surface area contributed by atoms with E-state index in [2.05, 4.69) is 5.32 Å². The summed E-state index contributed by atoms with van der Waals surface area (Å²) in [7, 11) is 3.06. The number of ether oxygens (including phenoxy) is 4. The molecule has 0 saturated carbocycles. The van der Waals surface area contributed by atoms with Crippen LogP contribution >= 0.6 is 0 Å². The van der Waals surface area contributed by atoms with Crippen LogP contribution in [-0.2, 0) is 18.9 Å². The van der Waals surface area contributed by atoms with Crippen molar-refractivity contribution in [2.75, 3.05) is 53.7 Å². The minimum atomic E-state index is -0.886. The molecule has 114 valence electrons. The zero-order chi connectivity index (χ0) is 14.5. The Morgan fingerprint density at radius 2 is 2.05 bits per heavy atom. The molecule has 8 nitrogen and oxygen atoms in total. The Morgan fingerprint density at radius 1 is 1.32 bits per heavy atom. The van der Waals surface area contributed by atoms with Crippen LogP contribution in [0.3, 0.4) is 0 Å². The molecule has 0 spiro atoms. The zero-order valence-electron chi connectivity index (χ0n) is 11.5. The van der Waals surface area contributed by atoms with Crippen molar-refractivity contribution in [1.29, 1.82) is 0 Å². The zero-order valence-corrected chi connectivity index (χ0v) is 11.5. The first-order valence-corrected chi connectivity index (χ1v) is 6.02. The normalized spacial score (nSPS) is 13.9. The third-order valence-corrected chi connectivity index (χ3v) is 2.19. The van der Waals surface area contributed by atoms with Gasteiger partial charge in [0.1, 0.15) is 12.7 Å². The fourth-order valence-corrected chi connectivity index (χ4v) is 1.09. The molecule has 0 fully saturated rings. The maximum Gasteiger partial charge on any atom is 0.407 e. The Morgan fingerprint density at radius 3 is 2.63 bits per heavy atom. The Balaban J connectivity index is 3.52. The van der Waals surface area contributed by atoms with Gasteiger partial charge < -0.3 is 35.1 Å². The van der Waals surface area contributed by atoms with E-state index in [4.69, 9.17) is 24.7 Å². The van der Waals surface area contributed by atoms with E-state index in [0.717, 1.165) is 0 Å². The lowest BCUT2D eigenvalue weighted by atomic mass is 10.4. The van der Waals surface area contributed by atoms with Gasteiger partial charge in [-0.15, -0.1) is 0 Å². The largest absolute Gasteiger partial charge is 0.447 e. The number of rotatable bonds is 11. The molecule has 4 N–H and O–H groups in total. The summed E-state index contributed by atoms with van der Waals surface area (Å²) in [6, 6.07) is 0. The first-order chi connectivity index (χ1) is 9.13. The number of aliphatic hydroxyl groups is 1. The summed E-state index contributed by atoms with van der Waals surface area (Å²) in [4.78, 5) is 11.1. The van der Waals surface area contributed by atoms with Crippen LogP contribution in [0.5, 0.6) is 0 Å². The van der Waals surface area contributed by atoms with Crippen molar-refractivity contribution in [2.24, 2.45) is 5.73 Å². The van der Waals surface area contributed by atoms with Crippen LogP contribution in [0.4, 0.5) is 4.79 Å². The van der Waals surface area contributed by atoms with Gasteiger partial charge in [-0.25, -0.2) is 4.79 Å². The summed E-state index contributed by atoms with van der Waals surface area (Å²) in [5.41, 5.74) is 5.40. The number of alkyl carbamates (subject to hydrolysis) is 1. The molecule has 8 heteroatoms. The van der Waals surface area contributed by atoms with E-state index in [9.17, 15) is 9.90 Å². The number of hydrogen-bond donors (Lipinski definition) is 3. The lowest BCUT2D eigenvalue weighted by Gasteiger charge is -2.15. The van der Waals surface area contributed by atoms with Crippen LogP contribution in [0.25, 0.3) is 0 Å². The average Bonchev–Trinajstić information content (AvgIpc) is 2.41. The molecule has 0 aromatic heterocycles. The molecule has 1 amide bonds. The average molecular weight is 280 g/mol. The van der Waals surface area contributed by atoms with Gasteiger partial charge in [0.25, 0.3) is 0 Å². The number of nitrogens with one attached hydrogen (secondary N) is 1. The summed E-state index contributed by atoms with van der Waals surface area (Å²) in [5, 5.41) is 12.0. The number of methoxy groups -OCH3 is 2. The van der Waals surface area contributed by atoms with Gasteiger partial charge in [0.2, 0.25) is 0 Å². The Hall–Kier alpha value is -0.930. The van der Waals surface area contributed by atoms with E-state index >= 15 is 0 Å². The fourth-order valence-electron chi connectivity index (χ4n) is 1.09. The van der Waals surface area contributed by atoms with Gasteiger partial charge in [0.05, 0.1) is 25.9 Å². The molecule has 19 heavy (non-hydrogen) atoms.